The van der Waals surface area contributed by atoms with Crippen molar-refractivity contribution in [1.29, 1.82) is 0 Å². The number of hydrogen-bond donors (Lipinski definition) is 2. The molecule has 0 aromatic heterocycles. The number of carbonyl (C=O) groups is 2. The smallest absolute Gasteiger partial charge is 0.238 e. The highest BCUT2D eigenvalue weighted by Crippen LogP contribution is 2.27. The van der Waals surface area contributed by atoms with Gasteiger partial charge < -0.3 is 16.0 Å². The van der Waals surface area contributed by atoms with Crippen LogP contribution in [-0.4, -0.2) is 60.4 Å². The molecular weight excluding hydrogens is 411 g/mol. The van der Waals surface area contributed by atoms with Crippen LogP contribution in [0.5, 0.6) is 0 Å². The summed E-state index contributed by atoms with van der Waals surface area (Å²) in [6.45, 7) is 7.23. The lowest BCUT2D eigenvalue weighted by atomic mass is 9.99. The molecular formula is C21H34Cl2N4O2. The van der Waals surface area contributed by atoms with Crippen LogP contribution < -0.4 is 11.1 Å². The van der Waals surface area contributed by atoms with Gasteiger partial charge in [0.25, 0.3) is 0 Å². The standard InChI is InChI=1S/C21H32N4O2.2ClH/c1-15-5-3-6-16(2)21(15)23-19(26)14-24-9-11-25(12-10-24)20(27)13-17-7-4-8-18(17)22;;/h3,5-6,17-18H,4,7-14,22H2,1-2H3,(H,23,26);2*1H/t17-,18+;;/m0../s1. The summed E-state index contributed by atoms with van der Waals surface area (Å²) in [4.78, 5) is 29.0. The number of nitrogens with two attached hydrogens (primary N) is 1. The Balaban J connectivity index is 0.00000210. The minimum atomic E-state index is 0. The van der Waals surface area contributed by atoms with Gasteiger partial charge in [-0.15, -0.1) is 24.8 Å². The van der Waals surface area contributed by atoms with Crippen molar-refractivity contribution in [2.45, 2.75) is 45.6 Å². The van der Waals surface area contributed by atoms with E-state index in [0.29, 0.717) is 32.0 Å². The lowest BCUT2D eigenvalue weighted by Gasteiger charge is -2.35. The maximum atomic E-state index is 12.5. The number of rotatable bonds is 5. The number of anilines is 1. The van der Waals surface area contributed by atoms with Gasteiger partial charge in [0, 0.05) is 44.3 Å². The Morgan fingerprint density at radius 1 is 1.07 bits per heavy atom. The van der Waals surface area contributed by atoms with Crippen LogP contribution in [0.4, 0.5) is 5.69 Å². The van der Waals surface area contributed by atoms with Gasteiger partial charge in [-0.2, -0.15) is 0 Å². The van der Waals surface area contributed by atoms with Gasteiger partial charge in [-0.25, -0.2) is 0 Å². The summed E-state index contributed by atoms with van der Waals surface area (Å²) in [5.74, 6) is 0.569. The van der Waals surface area contributed by atoms with Crippen LogP contribution in [0.25, 0.3) is 0 Å². The second-order valence-electron chi connectivity index (χ2n) is 8.03. The minimum Gasteiger partial charge on any atom is -0.340 e. The third-order valence-corrected chi connectivity index (χ3v) is 5.99. The van der Waals surface area contributed by atoms with Crippen LogP contribution in [0.2, 0.25) is 0 Å². The molecule has 0 radical (unpaired) electrons. The topological polar surface area (TPSA) is 78.7 Å². The number of nitrogens with one attached hydrogen (secondary N) is 1. The van der Waals surface area contributed by atoms with E-state index in [0.717, 1.165) is 49.2 Å². The summed E-state index contributed by atoms with van der Waals surface area (Å²) in [5.41, 5.74) is 9.15. The number of aryl methyl sites for hydroxylation is 2. The van der Waals surface area contributed by atoms with E-state index in [4.69, 9.17) is 5.73 Å². The number of para-hydroxylation sites is 1. The molecule has 164 valence electrons. The van der Waals surface area contributed by atoms with Gasteiger partial charge >= 0.3 is 0 Å². The Hall–Kier alpha value is -1.34. The molecule has 3 N–H and O–H groups in total. The van der Waals surface area contributed by atoms with E-state index >= 15 is 0 Å². The van der Waals surface area contributed by atoms with Gasteiger partial charge in [0.05, 0.1) is 6.54 Å². The summed E-state index contributed by atoms with van der Waals surface area (Å²) >= 11 is 0. The average molecular weight is 445 g/mol. The molecule has 1 aromatic rings. The Labute approximate surface area is 186 Å². The van der Waals surface area contributed by atoms with Crippen molar-refractivity contribution in [3.63, 3.8) is 0 Å². The van der Waals surface area contributed by atoms with Crippen molar-refractivity contribution >= 4 is 42.3 Å². The molecule has 0 spiro atoms. The summed E-state index contributed by atoms with van der Waals surface area (Å²) in [6.07, 6.45) is 3.84. The third kappa shape index (κ3) is 6.85. The van der Waals surface area contributed by atoms with Gasteiger partial charge in [0.1, 0.15) is 0 Å². The van der Waals surface area contributed by atoms with Gasteiger partial charge in [-0.05, 0) is 43.7 Å². The fraction of sp³-hybridized carbons (Fsp3) is 0.619. The van der Waals surface area contributed by atoms with Gasteiger partial charge in [-0.1, -0.05) is 24.6 Å². The Morgan fingerprint density at radius 2 is 1.69 bits per heavy atom. The number of carbonyl (C=O) groups excluding carboxylic acids is 2. The SMILES string of the molecule is Cc1cccc(C)c1NC(=O)CN1CCN(C(=O)C[C@@H]2CCC[C@H]2N)CC1.Cl.Cl. The molecule has 1 aromatic carbocycles. The molecule has 1 heterocycles. The summed E-state index contributed by atoms with van der Waals surface area (Å²) in [7, 11) is 0. The molecule has 0 bridgehead atoms. The molecule has 6 nitrogen and oxygen atoms in total. The Morgan fingerprint density at radius 3 is 2.24 bits per heavy atom. The number of amides is 2. The first-order valence-corrected chi connectivity index (χ1v) is 10.1. The fourth-order valence-corrected chi connectivity index (χ4v) is 4.22. The normalized spacial score (nSPS) is 21.8. The number of halogens is 2. The maximum Gasteiger partial charge on any atom is 0.238 e. The molecule has 2 atom stereocenters. The van der Waals surface area contributed by atoms with E-state index in [1.54, 1.807) is 0 Å². The van der Waals surface area contributed by atoms with E-state index in [1.807, 2.05) is 36.9 Å². The van der Waals surface area contributed by atoms with Gasteiger partial charge in [-0.3, -0.25) is 14.5 Å². The van der Waals surface area contributed by atoms with E-state index in [-0.39, 0.29) is 42.7 Å². The second-order valence-corrected chi connectivity index (χ2v) is 8.03. The average Bonchev–Trinajstić information content (AvgIpc) is 3.03. The van der Waals surface area contributed by atoms with E-state index < -0.39 is 0 Å². The first kappa shape index (κ1) is 25.7. The number of piperazine rings is 1. The van der Waals surface area contributed by atoms with E-state index in [1.165, 1.54) is 0 Å². The molecule has 8 heteroatoms. The largest absolute Gasteiger partial charge is 0.340 e. The zero-order chi connectivity index (χ0) is 19.4. The molecule has 1 saturated heterocycles. The zero-order valence-corrected chi connectivity index (χ0v) is 19.0. The first-order valence-electron chi connectivity index (χ1n) is 10.1. The van der Waals surface area contributed by atoms with Crippen molar-refractivity contribution in [3.8, 4) is 0 Å². The maximum absolute atomic E-state index is 12.5. The molecule has 1 saturated carbocycles. The minimum absolute atomic E-state index is 0. The second kappa shape index (κ2) is 11.7. The van der Waals surface area contributed by atoms with E-state index in [2.05, 4.69) is 10.2 Å². The lowest BCUT2D eigenvalue weighted by molar-refractivity contribution is -0.134. The molecule has 0 unspecified atom stereocenters. The number of nitrogens with zero attached hydrogens (tertiary/aromatic N) is 2. The van der Waals surface area contributed by atoms with Crippen LogP contribution in [-0.2, 0) is 9.59 Å². The predicted octanol–water partition coefficient (Wildman–Crippen LogP) is 2.75. The van der Waals surface area contributed by atoms with Crippen molar-refractivity contribution < 1.29 is 9.59 Å². The van der Waals surface area contributed by atoms with Crippen LogP contribution in [0.3, 0.4) is 0 Å². The summed E-state index contributed by atoms with van der Waals surface area (Å²) in [5, 5.41) is 3.04. The molecule has 2 aliphatic rings. The van der Waals surface area contributed by atoms with Crippen LogP contribution in [0.15, 0.2) is 18.2 Å². The Kier molecular flexibility index (Phi) is 10.4. The monoisotopic (exact) mass is 444 g/mol. The lowest BCUT2D eigenvalue weighted by Crippen LogP contribution is -2.51. The quantitative estimate of drug-likeness (QED) is 0.731. The zero-order valence-electron chi connectivity index (χ0n) is 17.4. The first-order chi connectivity index (χ1) is 12.9. The third-order valence-electron chi connectivity index (χ3n) is 5.99. The van der Waals surface area contributed by atoms with Crippen LogP contribution in [0, 0.1) is 19.8 Å². The molecule has 29 heavy (non-hydrogen) atoms. The highest BCUT2D eigenvalue weighted by Gasteiger charge is 2.29. The summed E-state index contributed by atoms with van der Waals surface area (Å²) < 4.78 is 0. The summed E-state index contributed by atoms with van der Waals surface area (Å²) in [6, 6.07) is 6.19. The van der Waals surface area contributed by atoms with Crippen molar-refractivity contribution in [1.82, 2.24) is 9.80 Å². The highest BCUT2D eigenvalue weighted by atomic mass is 35.5. The highest BCUT2D eigenvalue weighted by molar-refractivity contribution is 5.93. The number of benzene rings is 1. The predicted molar refractivity (Wildman–Crippen MR) is 122 cm³/mol. The van der Waals surface area contributed by atoms with Gasteiger partial charge in [0.2, 0.25) is 11.8 Å². The van der Waals surface area contributed by atoms with Crippen LogP contribution in [0.1, 0.15) is 36.8 Å². The fourth-order valence-electron chi connectivity index (χ4n) is 4.22. The van der Waals surface area contributed by atoms with E-state index in [9.17, 15) is 9.59 Å². The number of hydrogen-bond acceptors (Lipinski definition) is 4. The van der Waals surface area contributed by atoms with Crippen molar-refractivity contribution in [2.75, 3.05) is 38.0 Å². The van der Waals surface area contributed by atoms with Crippen molar-refractivity contribution in [3.05, 3.63) is 29.3 Å². The Bertz CT molecular complexity index is 673. The van der Waals surface area contributed by atoms with Gasteiger partial charge in [0.15, 0.2) is 0 Å². The molecule has 1 aliphatic heterocycles. The molecule has 3 rings (SSSR count). The van der Waals surface area contributed by atoms with Crippen LogP contribution >= 0.6 is 24.8 Å². The van der Waals surface area contributed by atoms with Crippen molar-refractivity contribution in [2.24, 2.45) is 11.7 Å². The molecule has 2 amide bonds. The molecule has 1 aliphatic carbocycles. The molecule has 2 fully saturated rings.